The molecule has 0 atom stereocenters. The molecule has 0 amide bonds. The Kier molecular flexibility index (Phi) is 4.40. The molecule has 1 aliphatic heterocycles. The molecular weight excluding hydrogens is 296 g/mol. The fourth-order valence-corrected chi connectivity index (χ4v) is 2.79. The van der Waals surface area contributed by atoms with Crippen LogP contribution >= 0.6 is 0 Å². The monoisotopic (exact) mass is 316 g/mol. The van der Waals surface area contributed by atoms with Crippen molar-refractivity contribution in [3.63, 3.8) is 0 Å². The Labute approximate surface area is 134 Å². The summed E-state index contributed by atoms with van der Waals surface area (Å²) in [5.74, 6) is 0.832. The van der Waals surface area contributed by atoms with Gasteiger partial charge in [0.15, 0.2) is 5.69 Å². The zero-order chi connectivity index (χ0) is 16.2. The molecule has 3 rings (SSSR count). The van der Waals surface area contributed by atoms with Crippen LogP contribution in [0.5, 0.6) is 0 Å². The van der Waals surface area contributed by atoms with E-state index in [1.165, 1.54) is 13.2 Å². The summed E-state index contributed by atoms with van der Waals surface area (Å²) in [7, 11) is 1.32. The highest BCUT2D eigenvalue weighted by Crippen LogP contribution is 2.23. The number of nitrogens with zero attached hydrogens (tertiary/aromatic N) is 5. The Balaban J connectivity index is 1.65. The lowest BCUT2D eigenvalue weighted by Gasteiger charge is -2.32. The number of nitrogens with two attached hydrogens (primary N) is 1. The third-order valence-corrected chi connectivity index (χ3v) is 4.03. The largest absolute Gasteiger partial charge is 0.464 e. The zero-order valence-corrected chi connectivity index (χ0v) is 13.1. The Bertz CT molecular complexity index is 665. The quantitative estimate of drug-likeness (QED) is 0.839. The van der Waals surface area contributed by atoms with Crippen molar-refractivity contribution in [2.45, 2.75) is 19.4 Å². The first-order chi connectivity index (χ1) is 11.2. The van der Waals surface area contributed by atoms with E-state index in [4.69, 9.17) is 10.5 Å². The summed E-state index contributed by atoms with van der Waals surface area (Å²) in [6.45, 7) is 2.58. The number of anilines is 2. The molecule has 1 fully saturated rings. The maximum absolute atomic E-state index is 11.6. The minimum absolute atomic E-state index is 0.189. The van der Waals surface area contributed by atoms with E-state index in [1.807, 2.05) is 16.9 Å². The SMILES string of the molecule is COC(=O)c1cc(N)nc(N2CCC(Cn3cccn3)CC2)n1. The number of carbonyl (C=O) groups excluding carboxylic acids is 1. The van der Waals surface area contributed by atoms with E-state index in [0.717, 1.165) is 32.5 Å². The van der Waals surface area contributed by atoms with Crippen LogP contribution < -0.4 is 10.6 Å². The molecule has 0 radical (unpaired) electrons. The van der Waals surface area contributed by atoms with Crippen molar-refractivity contribution in [3.05, 3.63) is 30.2 Å². The summed E-state index contributed by atoms with van der Waals surface area (Å²) < 4.78 is 6.66. The molecule has 2 N–H and O–H groups in total. The summed E-state index contributed by atoms with van der Waals surface area (Å²) in [5, 5.41) is 4.25. The second-order valence-corrected chi connectivity index (χ2v) is 5.63. The third kappa shape index (κ3) is 3.58. The van der Waals surface area contributed by atoms with Gasteiger partial charge in [0.25, 0.3) is 0 Å². The highest BCUT2D eigenvalue weighted by molar-refractivity contribution is 5.88. The van der Waals surface area contributed by atoms with Crippen LogP contribution in [0.1, 0.15) is 23.3 Å². The molecule has 3 heterocycles. The Hall–Kier alpha value is -2.64. The molecule has 122 valence electrons. The van der Waals surface area contributed by atoms with Gasteiger partial charge in [-0.05, 0) is 24.8 Å². The first-order valence-corrected chi connectivity index (χ1v) is 7.61. The number of hydrogen-bond donors (Lipinski definition) is 1. The first-order valence-electron chi connectivity index (χ1n) is 7.61. The number of carbonyl (C=O) groups is 1. The van der Waals surface area contributed by atoms with Gasteiger partial charge in [0.1, 0.15) is 5.82 Å². The van der Waals surface area contributed by atoms with Crippen molar-refractivity contribution in [2.24, 2.45) is 5.92 Å². The summed E-state index contributed by atoms with van der Waals surface area (Å²) in [6.07, 6.45) is 5.82. The number of ether oxygens (including phenoxy) is 1. The lowest BCUT2D eigenvalue weighted by molar-refractivity contribution is 0.0594. The second kappa shape index (κ2) is 6.64. The predicted octanol–water partition coefficient (Wildman–Crippen LogP) is 0.958. The van der Waals surface area contributed by atoms with Crippen LogP contribution in [0.4, 0.5) is 11.8 Å². The van der Waals surface area contributed by atoms with Crippen molar-refractivity contribution in [1.29, 1.82) is 0 Å². The van der Waals surface area contributed by atoms with E-state index < -0.39 is 5.97 Å². The Morgan fingerprint density at radius 3 is 2.83 bits per heavy atom. The summed E-state index contributed by atoms with van der Waals surface area (Å²) in [6, 6.07) is 3.36. The highest BCUT2D eigenvalue weighted by Gasteiger charge is 2.23. The van der Waals surface area contributed by atoms with Crippen molar-refractivity contribution < 1.29 is 9.53 Å². The van der Waals surface area contributed by atoms with Gasteiger partial charge in [-0.25, -0.2) is 9.78 Å². The maximum atomic E-state index is 11.6. The van der Waals surface area contributed by atoms with E-state index in [9.17, 15) is 4.79 Å². The number of methoxy groups -OCH3 is 1. The average molecular weight is 316 g/mol. The predicted molar refractivity (Wildman–Crippen MR) is 84.9 cm³/mol. The minimum atomic E-state index is -0.506. The van der Waals surface area contributed by atoms with E-state index in [-0.39, 0.29) is 11.5 Å². The lowest BCUT2D eigenvalue weighted by atomic mass is 9.97. The number of piperidine rings is 1. The average Bonchev–Trinajstić information content (AvgIpc) is 3.07. The van der Waals surface area contributed by atoms with Gasteiger partial charge in [0.2, 0.25) is 5.95 Å². The van der Waals surface area contributed by atoms with Crippen LogP contribution in [0, 0.1) is 5.92 Å². The molecule has 0 aromatic carbocycles. The molecule has 1 aliphatic rings. The van der Waals surface area contributed by atoms with Gasteiger partial charge in [0.05, 0.1) is 7.11 Å². The molecule has 0 aliphatic carbocycles. The number of rotatable bonds is 4. The summed E-state index contributed by atoms with van der Waals surface area (Å²) in [4.78, 5) is 22.2. The third-order valence-electron chi connectivity index (χ3n) is 4.03. The van der Waals surface area contributed by atoms with Crippen LogP contribution in [0.25, 0.3) is 0 Å². The van der Waals surface area contributed by atoms with Gasteiger partial charge in [-0.1, -0.05) is 0 Å². The van der Waals surface area contributed by atoms with Gasteiger partial charge >= 0.3 is 5.97 Å². The number of nitrogen functional groups attached to an aromatic ring is 1. The number of esters is 1. The van der Waals surface area contributed by atoms with Gasteiger partial charge < -0.3 is 15.4 Å². The fourth-order valence-electron chi connectivity index (χ4n) is 2.79. The van der Waals surface area contributed by atoms with Crippen molar-refractivity contribution in [1.82, 2.24) is 19.7 Å². The van der Waals surface area contributed by atoms with Crippen LogP contribution in [0.2, 0.25) is 0 Å². The van der Waals surface area contributed by atoms with Gasteiger partial charge in [0, 0.05) is 38.1 Å². The molecule has 23 heavy (non-hydrogen) atoms. The van der Waals surface area contributed by atoms with E-state index in [2.05, 4.69) is 20.0 Å². The first kappa shape index (κ1) is 15.3. The molecule has 2 aromatic heterocycles. The van der Waals surface area contributed by atoms with Gasteiger partial charge in [-0.15, -0.1) is 0 Å². The molecule has 8 nitrogen and oxygen atoms in total. The van der Waals surface area contributed by atoms with Crippen molar-refractivity contribution in [2.75, 3.05) is 30.8 Å². The molecule has 0 saturated carbocycles. The minimum Gasteiger partial charge on any atom is -0.464 e. The van der Waals surface area contributed by atoms with E-state index >= 15 is 0 Å². The van der Waals surface area contributed by atoms with Gasteiger partial charge in [-0.3, -0.25) is 4.68 Å². The number of aromatic nitrogens is 4. The molecule has 1 saturated heterocycles. The Morgan fingerprint density at radius 1 is 1.39 bits per heavy atom. The van der Waals surface area contributed by atoms with Gasteiger partial charge in [-0.2, -0.15) is 10.1 Å². The van der Waals surface area contributed by atoms with Crippen LogP contribution in [0.15, 0.2) is 24.5 Å². The van der Waals surface area contributed by atoms with Crippen molar-refractivity contribution >= 4 is 17.7 Å². The summed E-state index contributed by atoms with van der Waals surface area (Å²) >= 11 is 0. The van der Waals surface area contributed by atoms with E-state index in [0.29, 0.717) is 11.9 Å². The molecule has 8 heteroatoms. The zero-order valence-electron chi connectivity index (χ0n) is 13.1. The molecule has 2 aromatic rings. The van der Waals surface area contributed by atoms with Crippen LogP contribution in [0.3, 0.4) is 0 Å². The second-order valence-electron chi connectivity index (χ2n) is 5.63. The topological polar surface area (TPSA) is 99.2 Å². The Morgan fingerprint density at radius 2 is 2.17 bits per heavy atom. The van der Waals surface area contributed by atoms with E-state index in [1.54, 1.807) is 6.20 Å². The summed E-state index contributed by atoms with van der Waals surface area (Å²) in [5.41, 5.74) is 5.97. The normalized spacial score (nSPS) is 15.6. The highest BCUT2D eigenvalue weighted by atomic mass is 16.5. The maximum Gasteiger partial charge on any atom is 0.356 e. The smallest absolute Gasteiger partial charge is 0.356 e. The van der Waals surface area contributed by atoms with Crippen LogP contribution in [-0.2, 0) is 11.3 Å². The molecule has 0 bridgehead atoms. The number of hydrogen-bond acceptors (Lipinski definition) is 7. The lowest BCUT2D eigenvalue weighted by Crippen LogP contribution is -2.36. The molecular formula is C15H20N6O2. The molecule has 0 unspecified atom stereocenters. The fraction of sp³-hybridized carbons (Fsp3) is 0.467. The van der Waals surface area contributed by atoms with Crippen LogP contribution in [-0.4, -0.2) is 45.9 Å². The molecule has 0 spiro atoms. The standard InChI is InChI=1S/C15H20N6O2/c1-23-14(22)12-9-13(16)19-15(18-12)20-7-3-11(4-8-20)10-21-6-2-5-17-21/h2,5-6,9,11H,3-4,7-8,10H2,1H3,(H2,16,18,19). The van der Waals surface area contributed by atoms with Crippen molar-refractivity contribution in [3.8, 4) is 0 Å².